The van der Waals surface area contributed by atoms with Crippen LogP contribution in [0, 0.1) is 40.4 Å². The van der Waals surface area contributed by atoms with Gasteiger partial charge < -0.3 is 33.7 Å². The number of Topliss-reactive ketones (excluding diaryl/α,β-unsaturated/α-hetero) is 2. The number of hydrogen-bond donors (Lipinski definition) is 1. The molecule has 5 aliphatic heterocycles. The number of hydrogen-bond acceptors (Lipinski definition) is 11. The van der Waals surface area contributed by atoms with Gasteiger partial charge in [0, 0.05) is 47.2 Å². The van der Waals surface area contributed by atoms with E-state index >= 15 is 0 Å². The SMILES string of the molecule is CCCCC1=C(C)C(=O)C(CN2c3ccccc3[C@]3(O)CCO[C@H]23)C1=O.C[C@]12CC[C@H](OC=O)C[C@H]1CCC1C2CC[C@]2(C)[C@@H](C34C=CC(=O)OC3O4)CC3OC312. The van der Waals surface area contributed by atoms with E-state index in [-0.39, 0.29) is 41.2 Å². The Hall–Kier alpha value is -3.38. The summed E-state index contributed by atoms with van der Waals surface area (Å²) in [6.45, 7) is 10.2. The first kappa shape index (κ1) is 37.9. The van der Waals surface area contributed by atoms with Gasteiger partial charge in [-0.1, -0.05) is 45.4 Å². The van der Waals surface area contributed by atoms with Crippen molar-refractivity contribution in [1.29, 1.82) is 0 Å². The van der Waals surface area contributed by atoms with Crippen molar-refractivity contribution in [3.05, 3.63) is 53.1 Å². The van der Waals surface area contributed by atoms with Crippen molar-refractivity contribution in [1.82, 2.24) is 0 Å². The van der Waals surface area contributed by atoms with Crippen molar-refractivity contribution in [3.63, 3.8) is 0 Å². The van der Waals surface area contributed by atoms with E-state index in [0.29, 0.717) is 72.3 Å². The number of unbranched alkanes of at least 4 members (excludes halogenated alkanes) is 1. The standard InChI is InChI=1S/C25H32O6.C21H25NO4/c1-22-8-5-15(28-13-26)11-14(22)3-4-17-16(22)6-9-23(2)18(12-19-25(17,23)30-19)24-10-7-20(27)29-21(24)31-24;1-3-4-7-14-13(2)18(23)15(19(14)24)12-22-17-9-6-5-8-16(17)21(25)10-11-26-20(21)22/h7,10,13-19,21H,3-6,8-9,11-12H2,1-2H3;5-6,8-9,15,20,25H,3-4,7,10-12H2,1-2H3/t14-,15+,16?,17?,18+,19?,21?,22+,23-,24?,25?;15?,20-,21+/m10/s1. The summed E-state index contributed by atoms with van der Waals surface area (Å²) in [4.78, 5) is 50.1. The van der Waals surface area contributed by atoms with E-state index in [1.54, 1.807) is 13.0 Å². The van der Waals surface area contributed by atoms with Gasteiger partial charge in [0.25, 0.3) is 6.47 Å². The van der Waals surface area contributed by atoms with Crippen LogP contribution in [0.2, 0.25) is 0 Å². The van der Waals surface area contributed by atoms with Crippen LogP contribution >= 0.6 is 0 Å². The molecular weight excluding hydrogens is 727 g/mol. The Kier molecular flexibility index (Phi) is 8.67. The normalized spacial score (nSPS) is 46.7. The summed E-state index contributed by atoms with van der Waals surface area (Å²) in [5, 5.41) is 11.1. The summed E-state index contributed by atoms with van der Waals surface area (Å²) in [6, 6.07) is 7.64. The molecule has 1 aromatic carbocycles. The third-order valence-corrected chi connectivity index (χ3v) is 17.2. The number of allylic oxidation sites excluding steroid dienone is 2. The third kappa shape index (κ3) is 5.16. The molecule has 7 unspecified atom stereocenters. The van der Waals surface area contributed by atoms with Gasteiger partial charge in [0.1, 0.15) is 23.2 Å². The molecule has 0 amide bonds. The number of ketones is 2. The molecule has 306 valence electrons. The van der Waals surface area contributed by atoms with Crippen LogP contribution in [-0.4, -0.2) is 78.2 Å². The van der Waals surface area contributed by atoms with Crippen LogP contribution in [0.5, 0.6) is 0 Å². The minimum atomic E-state index is -1.06. The number of rotatable bonds is 8. The van der Waals surface area contributed by atoms with Gasteiger partial charge in [-0.2, -0.15) is 0 Å². The number of benzene rings is 1. The largest absolute Gasteiger partial charge is 0.465 e. The number of ether oxygens (including phenoxy) is 5. The molecule has 1 spiro atoms. The van der Waals surface area contributed by atoms with E-state index in [2.05, 4.69) is 20.8 Å². The van der Waals surface area contributed by atoms with Gasteiger partial charge in [-0.05, 0) is 112 Å². The zero-order valence-electron chi connectivity index (χ0n) is 33.7. The van der Waals surface area contributed by atoms with Gasteiger partial charge >= 0.3 is 5.97 Å². The van der Waals surface area contributed by atoms with Gasteiger partial charge in [0.15, 0.2) is 23.4 Å². The zero-order chi connectivity index (χ0) is 39.7. The molecule has 11 rings (SSSR count). The average Bonchev–Trinajstić information content (AvgIpc) is 3.99. The molecule has 3 saturated heterocycles. The van der Waals surface area contributed by atoms with Gasteiger partial charge in [-0.25, -0.2) is 4.79 Å². The number of esters is 1. The predicted octanol–water partition coefficient (Wildman–Crippen LogP) is 6.24. The molecule has 0 aromatic heterocycles. The lowest BCUT2D eigenvalue weighted by Crippen LogP contribution is -2.59. The Morgan fingerprint density at radius 2 is 1.81 bits per heavy atom. The first-order valence-corrected chi connectivity index (χ1v) is 21.7. The summed E-state index contributed by atoms with van der Waals surface area (Å²) in [5.74, 6) is 1.14. The summed E-state index contributed by atoms with van der Waals surface area (Å²) in [6.07, 6.45) is 15.1. The van der Waals surface area contributed by atoms with Crippen LogP contribution in [0.4, 0.5) is 5.69 Å². The van der Waals surface area contributed by atoms with Gasteiger partial charge in [-0.15, -0.1) is 0 Å². The lowest BCUT2D eigenvalue weighted by atomic mass is 9.43. The molecule has 10 aliphatic rings. The van der Waals surface area contributed by atoms with Crippen LogP contribution in [0.3, 0.4) is 0 Å². The first-order chi connectivity index (χ1) is 27.4. The Morgan fingerprint density at radius 3 is 2.60 bits per heavy atom. The van der Waals surface area contributed by atoms with Crippen molar-refractivity contribution in [3.8, 4) is 0 Å². The number of anilines is 1. The minimum Gasteiger partial charge on any atom is -0.465 e. The monoisotopic (exact) mass is 783 g/mol. The second-order valence-electron chi connectivity index (χ2n) is 19.4. The lowest BCUT2D eigenvalue weighted by Gasteiger charge is -2.61. The van der Waals surface area contributed by atoms with Gasteiger partial charge in [-0.3, -0.25) is 14.4 Å². The maximum atomic E-state index is 12.9. The Balaban J connectivity index is 0.000000142. The molecular formula is C46H57NO10. The highest BCUT2D eigenvalue weighted by atomic mass is 16.8. The molecule has 5 aliphatic carbocycles. The molecule has 1 aromatic rings. The number of fused-ring (bicyclic) bond motifs is 7. The van der Waals surface area contributed by atoms with Crippen LogP contribution in [0.15, 0.2) is 47.6 Å². The maximum Gasteiger partial charge on any atom is 0.332 e. The van der Waals surface area contributed by atoms with Crippen LogP contribution < -0.4 is 4.90 Å². The van der Waals surface area contributed by atoms with E-state index in [9.17, 15) is 24.3 Å². The van der Waals surface area contributed by atoms with Crippen molar-refractivity contribution >= 4 is 29.7 Å². The summed E-state index contributed by atoms with van der Waals surface area (Å²) in [7, 11) is 0. The Morgan fingerprint density at radius 1 is 0.982 bits per heavy atom. The van der Waals surface area contributed by atoms with Gasteiger partial charge in [0.05, 0.1) is 12.7 Å². The fraction of sp³-hybridized carbons (Fsp3) is 0.696. The topological polar surface area (TPSA) is 144 Å². The quantitative estimate of drug-likeness (QED) is 0.139. The fourth-order valence-corrected chi connectivity index (χ4v) is 14.2. The second kappa shape index (κ2) is 13.1. The van der Waals surface area contributed by atoms with Crippen LogP contribution in [0.25, 0.3) is 0 Å². The third-order valence-electron chi connectivity index (χ3n) is 17.2. The lowest BCUT2D eigenvalue weighted by molar-refractivity contribution is -0.160. The number of epoxide rings is 2. The number of nitrogens with zero attached hydrogens (tertiary/aromatic N) is 1. The highest BCUT2D eigenvalue weighted by Gasteiger charge is 2.85. The Labute approximate surface area is 334 Å². The molecule has 11 nitrogen and oxygen atoms in total. The van der Waals surface area contributed by atoms with E-state index in [1.807, 2.05) is 35.2 Å². The number of carbonyl (C=O) groups is 4. The molecule has 57 heavy (non-hydrogen) atoms. The van der Waals surface area contributed by atoms with Crippen molar-refractivity contribution in [2.45, 2.75) is 146 Å². The molecule has 7 fully saturated rings. The predicted molar refractivity (Wildman–Crippen MR) is 206 cm³/mol. The molecule has 4 saturated carbocycles. The van der Waals surface area contributed by atoms with E-state index in [0.717, 1.165) is 56.2 Å². The smallest absolute Gasteiger partial charge is 0.332 e. The van der Waals surface area contributed by atoms with Gasteiger partial charge in [0.2, 0.25) is 6.29 Å². The summed E-state index contributed by atoms with van der Waals surface area (Å²) in [5.41, 5.74) is 1.85. The van der Waals surface area contributed by atoms with Crippen molar-refractivity contribution in [2.24, 2.45) is 40.4 Å². The van der Waals surface area contributed by atoms with Crippen LogP contribution in [-0.2, 0) is 48.5 Å². The number of aliphatic hydroxyl groups is 1. The summed E-state index contributed by atoms with van der Waals surface area (Å²) < 4.78 is 29.3. The number of carbonyl (C=O) groups excluding carboxylic acids is 4. The second-order valence-corrected chi connectivity index (χ2v) is 19.4. The molecule has 5 heterocycles. The molecule has 0 radical (unpaired) electrons. The molecule has 1 N–H and O–H groups in total. The van der Waals surface area contributed by atoms with Crippen molar-refractivity contribution in [2.75, 3.05) is 18.1 Å². The molecule has 0 bridgehead atoms. The summed E-state index contributed by atoms with van der Waals surface area (Å²) >= 11 is 0. The molecule has 11 heteroatoms. The van der Waals surface area contributed by atoms with Crippen LogP contribution in [0.1, 0.15) is 110 Å². The zero-order valence-corrected chi connectivity index (χ0v) is 33.7. The Bertz CT molecular complexity index is 1960. The maximum absolute atomic E-state index is 12.9. The molecule has 14 atom stereocenters. The first-order valence-electron chi connectivity index (χ1n) is 21.7. The number of para-hydroxylation sites is 1. The van der Waals surface area contributed by atoms with E-state index < -0.39 is 29.6 Å². The highest BCUT2D eigenvalue weighted by molar-refractivity contribution is 6.24. The average molecular weight is 784 g/mol. The fourth-order valence-electron chi connectivity index (χ4n) is 14.2. The highest BCUT2D eigenvalue weighted by Crippen LogP contribution is 2.79. The minimum absolute atomic E-state index is 0.0365. The van der Waals surface area contributed by atoms with Crippen molar-refractivity contribution < 1.29 is 48.0 Å². The van der Waals surface area contributed by atoms with E-state index in [4.69, 9.17) is 23.7 Å². The van der Waals surface area contributed by atoms with E-state index in [1.165, 1.54) is 19.3 Å².